The van der Waals surface area contributed by atoms with E-state index in [-0.39, 0.29) is 10.6 Å². The van der Waals surface area contributed by atoms with Gasteiger partial charge in [-0.05, 0) is 67.1 Å². The largest absolute Gasteiger partial charge is 0.497 e. The Bertz CT molecular complexity index is 1190. The van der Waals surface area contributed by atoms with E-state index in [1.807, 2.05) is 0 Å². The molecule has 32 heavy (non-hydrogen) atoms. The van der Waals surface area contributed by atoms with E-state index in [9.17, 15) is 13.2 Å². The fourth-order valence-electron chi connectivity index (χ4n) is 2.67. The van der Waals surface area contributed by atoms with Gasteiger partial charge in [0.15, 0.2) is 11.5 Å². The zero-order valence-electron chi connectivity index (χ0n) is 17.5. The van der Waals surface area contributed by atoms with E-state index in [0.717, 1.165) is 0 Å². The molecular formula is C23H22N2O6S. The third-order valence-corrected chi connectivity index (χ3v) is 5.47. The van der Waals surface area contributed by atoms with Gasteiger partial charge < -0.3 is 14.2 Å². The lowest BCUT2D eigenvalue weighted by molar-refractivity contribution is 0.0728. The van der Waals surface area contributed by atoms with Gasteiger partial charge in [0.05, 0.1) is 30.4 Å². The minimum Gasteiger partial charge on any atom is -0.497 e. The minimum absolute atomic E-state index is 0.105. The number of carbonyl (C=O) groups is 1. The van der Waals surface area contributed by atoms with Crippen LogP contribution in [0.4, 0.5) is 0 Å². The number of benzene rings is 3. The molecule has 0 aliphatic rings. The lowest BCUT2D eigenvalue weighted by Gasteiger charge is -2.11. The smallest absolute Gasteiger partial charge is 0.343 e. The van der Waals surface area contributed by atoms with E-state index in [1.54, 1.807) is 74.7 Å². The Morgan fingerprint density at radius 3 is 2.38 bits per heavy atom. The Labute approximate surface area is 186 Å². The van der Waals surface area contributed by atoms with Crippen molar-refractivity contribution in [1.82, 2.24) is 4.83 Å². The van der Waals surface area contributed by atoms with Crippen molar-refractivity contribution in [2.75, 3.05) is 13.7 Å². The Balaban J connectivity index is 1.73. The highest BCUT2D eigenvalue weighted by molar-refractivity contribution is 7.89. The van der Waals surface area contributed by atoms with Gasteiger partial charge in [0.1, 0.15) is 5.75 Å². The molecule has 0 saturated carbocycles. The molecule has 0 amide bonds. The second kappa shape index (κ2) is 10.5. The summed E-state index contributed by atoms with van der Waals surface area (Å²) in [6.45, 7) is 2.14. The molecule has 0 atom stereocenters. The number of hydrogen-bond donors (Lipinski definition) is 1. The maximum atomic E-state index is 12.5. The molecule has 1 N–H and O–H groups in total. The summed E-state index contributed by atoms with van der Waals surface area (Å²) >= 11 is 0. The van der Waals surface area contributed by atoms with Crippen molar-refractivity contribution in [2.24, 2.45) is 5.10 Å². The van der Waals surface area contributed by atoms with Crippen molar-refractivity contribution < 1.29 is 27.4 Å². The van der Waals surface area contributed by atoms with Crippen LogP contribution in [0, 0.1) is 0 Å². The average molecular weight is 455 g/mol. The number of methoxy groups -OCH3 is 1. The summed E-state index contributed by atoms with van der Waals surface area (Å²) in [4.78, 5) is 14.7. The molecule has 0 unspecified atom stereocenters. The highest BCUT2D eigenvalue weighted by Crippen LogP contribution is 2.29. The van der Waals surface area contributed by atoms with E-state index in [1.165, 1.54) is 18.3 Å². The first-order valence-corrected chi connectivity index (χ1v) is 11.1. The summed E-state index contributed by atoms with van der Waals surface area (Å²) in [5.74, 6) is 0.632. The predicted octanol–water partition coefficient (Wildman–Crippen LogP) is 3.63. The summed E-state index contributed by atoms with van der Waals surface area (Å²) in [5, 5.41) is 3.81. The molecule has 3 rings (SSSR count). The van der Waals surface area contributed by atoms with Crippen LogP contribution in [0.2, 0.25) is 0 Å². The predicted molar refractivity (Wildman–Crippen MR) is 120 cm³/mol. The summed E-state index contributed by atoms with van der Waals surface area (Å²) in [5.41, 5.74) is 0.905. The molecule has 0 fully saturated rings. The van der Waals surface area contributed by atoms with Crippen molar-refractivity contribution in [3.63, 3.8) is 0 Å². The van der Waals surface area contributed by atoms with Crippen molar-refractivity contribution in [3.8, 4) is 17.2 Å². The molecule has 8 nitrogen and oxygen atoms in total. The highest BCUT2D eigenvalue weighted by atomic mass is 32.2. The zero-order chi connectivity index (χ0) is 23.0. The molecular weight excluding hydrogens is 432 g/mol. The second-order valence-electron chi connectivity index (χ2n) is 6.42. The summed E-state index contributed by atoms with van der Waals surface area (Å²) in [6.07, 6.45) is 1.33. The Morgan fingerprint density at radius 1 is 1.00 bits per heavy atom. The van der Waals surface area contributed by atoms with E-state index < -0.39 is 16.0 Å². The maximum absolute atomic E-state index is 12.5. The van der Waals surface area contributed by atoms with Gasteiger partial charge in [-0.25, -0.2) is 9.63 Å². The molecule has 0 saturated heterocycles. The zero-order valence-corrected chi connectivity index (χ0v) is 18.3. The first-order chi connectivity index (χ1) is 15.4. The van der Waals surface area contributed by atoms with Gasteiger partial charge >= 0.3 is 5.97 Å². The van der Waals surface area contributed by atoms with Gasteiger partial charge in [-0.1, -0.05) is 18.2 Å². The number of ether oxygens (including phenoxy) is 3. The first-order valence-electron chi connectivity index (χ1n) is 9.66. The van der Waals surface area contributed by atoms with Gasteiger partial charge in [-0.2, -0.15) is 13.5 Å². The average Bonchev–Trinajstić information content (AvgIpc) is 2.81. The number of nitrogens with zero attached hydrogens (tertiary/aromatic N) is 1. The van der Waals surface area contributed by atoms with E-state index >= 15 is 0 Å². The van der Waals surface area contributed by atoms with Gasteiger partial charge in [0.25, 0.3) is 10.0 Å². The van der Waals surface area contributed by atoms with Crippen LogP contribution in [0.1, 0.15) is 22.8 Å². The first kappa shape index (κ1) is 22.8. The number of esters is 1. The molecule has 3 aromatic carbocycles. The molecule has 0 aromatic heterocycles. The van der Waals surface area contributed by atoms with Gasteiger partial charge in [0.2, 0.25) is 0 Å². The van der Waals surface area contributed by atoms with E-state index in [2.05, 4.69) is 9.93 Å². The Morgan fingerprint density at radius 2 is 1.72 bits per heavy atom. The van der Waals surface area contributed by atoms with E-state index in [0.29, 0.717) is 29.2 Å². The fraction of sp³-hybridized carbons (Fsp3) is 0.130. The number of nitrogens with one attached hydrogen (secondary N) is 1. The lowest BCUT2D eigenvalue weighted by Crippen LogP contribution is -2.18. The SMILES string of the molecule is CCOc1cc(/C=N\NS(=O)(=O)c2ccccc2)ccc1OC(=O)c1ccc(OC)cc1. The van der Waals surface area contributed by atoms with Gasteiger partial charge in [0, 0.05) is 0 Å². The monoisotopic (exact) mass is 454 g/mol. The number of hydrogen-bond acceptors (Lipinski definition) is 7. The topological polar surface area (TPSA) is 103 Å². The number of rotatable bonds is 9. The third-order valence-electron chi connectivity index (χ3n) is 4.24. The van der Waals surface area contributed by atoms with Crippen LogP contribution in [0.3, 0.4) is 0 Å². The van der Waals surface area contributed by atoms with Gasteiger partial charge in [-0.3, -0.25) is 0 Å². The van der Waals surface area contributed by atoms with Crippen LogP contribution < -0.4 is 19.0 Å². The third kappa shape index (κ3) is 5.86. The van der Waals surface area contributed by atoms with Crippen LogP contribution in [0.25, 0.3) is 0 Å². The number of carbonyl (C=O) groups excluding carboxylic acids is 1. The summed E-state index contributed by atoms with van der Waals surface area (Å²) in [7, 11) is -2.23. The van der Waals surface area contributed by atoms with Crippen molar-refractivity contribution >= 4 is 22.2 Å². The normalized spacial score (nSPS) is 11.2. The molecule has 0 bridgehead atoms. The molecule has 3 aromatic rings. The molecule has 0 radical (unpaired) electrons. The van der Waals surface area contributed by atoms with Crippen LogP contribution in [-0.2, 0) is 10.0 Å². The van der Waals surface area contributed by atoms with Gasteiger partial charge in [-0.15, -0.1) is 0 Å². The van der Waals surface area contributed by atoms with Crippen LogP contribution in [0.15, 0.2) is 82.8 Å². The Hall–Kier alpha value is -3.85. The molecule has 0 heterocycles. The summed E-state index contributed by atoms with van der Waals surface area (Å²) in [6, 6.07) is 19.2. The standard InChI is InChI=1S/C23H22N2O6S/c1-3-30-22-15-17(16-24-25-32(27,28)20-7-5-4-6-8-20)9-14-21(22)31-23(26)18-10-12-19(29-2)13-11-18/h4-16,25H,3H2,1-2H3/b24-16-. The van der Waals surface area contributed by atoms with E-state index in [4.69, 9.17) is 14.2 Å². The van der Waals surface area contributed by atoms with Crippen molar-refractivity contribution in [3.05, 3.63) is 83.9 Å². The molecule has 166 valence electrons. The second-order valence-corrected chi connectivity index (χ2v) is 8.08. The van der Waals surface area contributed by atoms with Crippen LogP contribution in [-0.4, -0.2) is 34.3 Å². The molecule has 0 spiro atoms. The van der Waals surface area contributed by atoms with Crippen molar-refractivity contribution in [1.29, 1.82) is 0 Å². The molecule has 9 heteroatoms. The summed E-state index contributed by atoms with van der Waals surface area (Å²) < 4.78 is 40.6. The Kier molecular flexibility index (Phi) is 7.45. The van der Waals surface area contributed by atoms with Crippen LogP contribution >= 0.6 is 0 Å². The molecule has 0 aliphatic heterocycles. The fourth-order valence-corrected chi connectivity index (χ4v) is 3.48. The maximum Gasteiger partial charge on any atom is 0.343 e. The highest BCUT2D eigenvalue weighted by Gasteiger charge is 2.14. The molecule has 0 aliphatic carbocycles. The number of sulfonamides is 1. The quantitative estimate of drug-likeness (QED) is 0.229. The lowest BCUT2D eigenvalue weighted by atomic mass is 10.2. The number of hydrazone groups is 1. The van der Waals surface area contributed by atoms with Crippen molar-refractivity contribution in [2.45, 2.75) is 11.8 Å². The van der Waals surface area contributed by atoms with Crippen LogP contribution in [0.5, 0.6) is 17.2 Å². The minimum atomic E-state index is -3.77.